The lowest BCUT2D eigenvalue weighted by molar-refractivity contribution is 0.182. The molecule has 0 aromatic heterocycles. The molecule has 0 spiro atoms. The van der Waals surface area contributed by atoms with Crippen LogP contribution in [0.1, 0.15) is 58.8 Å². The normalized spacial score (nSPS) is 14.4. The largest absolute Gasteiger partial charge is 0.414 e. The molecule has 0 rings (SSSR count). The molecule has 2 heteroatoms. The van der Waals surface area contributed by atoms with Crippen LogP contribution in [0.2, 0.25) is 19.6 Å². The average molecular weight is 257 g/mol. The molecule has 0 amide bonds. The summed E-state index contributed by atoms with van der Waals surface area (Å²) >= 11 is 0. The molecule has 1 atom stereocenters. The summed E-state index contributed by atoms with van der Waals surface area (Å²) in [5, 5.41) is 0. The summed E-state index contributed by atoms with van der Waals surface area (Å²) in [4.78, 5) is 0. The maximum Gasteiger partial charge on any atom is 0.184 e. The molecule has 1 unspecified atom stereocenters. The van der Waals surface area contributed by atoms with Crippen molar-refractivity contribution in [2.75, 3.05) is 0 Å². The molecule has 0 N–H and O–H groups in total. The number of allylic oxidation sites excluding steroid dienone is 1. The second kappa shape index (κ2) is 9.90. The number of rotatable bonds is 10. The Labute approximate surface area is 110 Å². The fourth-order valence-electron chi connectivity index (χ4n) is 1.94. The summed E-state index contributed by atoms with van der Waals surface area (Å²) in [5.41, 5.74) is 0. The zero-order valence-electron chi connectivity index (χ0n) is 12.6. The van der Waals surface area contributed by atoms with Crippen LogP contribution in [0.4, 0.5) is 0 Å². The lowest BCUT2D eigenvalue weighted by Crippen LogP contribution is -2.31. The van der Waals surface area contributed by atoms with Gasteiger partial charge in [0.25, 0.3) is 0 Å². The zero-order chi connectivity index (χ0) is 13.1. The first kappa shape index (κ1) is 16.9. The monoisotopic (exact) mass is 256 g/mol. The third-order valence-electron chi connectivity index (χ3n) is 2.70. The highest BCUT2D eigenvalue weighted by atomic mass is 28.4. The molecule has 0 aromatic carbocycles. The predicted molar refractivity (Wildman–Crippen MR) is 81.0 cm³/mol. The summed E-state index contributed by atoms with van der Waals surface area (Å²) < 4.78 is 6.25. The van der Waals surface area contributed by atoms with Crippen molar-refractivity contribution < 1.29 is 4.43 Å². The SMILES string of the molecule is CCC=CCC(CCCCCC)O[Si](C)(C)C. The fourth-order valence-corrected chi connectivity index (χ4v) is 3.15. The Morgan fingerprint density at radius 1 is 1.00 bits per heavy atom. The number of hydrogen-bond acceptors (Lipinski definition) is 1. The molecular weight excluding hydrogens is 224 g/mol. The van der Waals surface area contributed by atoms with Gasteiger partial charge in [-0.3, -0.25) is 0 Å². The zero-order valence-corrected chi connectivity index (χ0v) is 13.6. The Kier molecular flexibility index (Phi) is 9.85. The first-order valence-electron chi connectivity index (χ1n) is 7.32. The molecule has 0 saturated carbocycles. The van der Waals surface area contributed by atoms with Crippen LogP contribution in [0, 0.1) is 0 Å². The van der Waals surface area contributed by atoms with Crippen LogP contribution in [-0.2, 0) is 4.43 Å². The van der Waals surface area contributed by atoms with Crippen LogP contribution in [0.15, 0.2) is 12.2 Å². The van der Waals surface area contributed by atoms with E-state index in [-0.39, 0.29) is 0 Å². The molecule has 1 nitrogen and oxygen atoms in total. The van der Waals surface area contributed by atoms with Gasteiger partial charge in [-0.2, -0.15) is 0 Å². The molecule has 0 heterocycles. The van der Waals surface area contributed by atoms with Crippen molar-refractivity contribution in [1.82, 2.24) is 0 Å². The molecule has 0 fully saturated rings. The molecule has 0 aliphatic carbocycles. The molecule has 0 aliphatic heterocycles. The summed E-state index contributed by atoms with van der Waals surface area (Å²) in [7, 11) is -1.38. The van der Waals surface area contributed by atoms with Gasteiger partial charge in [-0.25, -0.2) is 0 Å². The molecule has 102 valence electrons. The lowest BCUT2D eigenvalue weighted by Gasteiger charge is -2.25. The minimum Gasteiger partial charge on any atom is -0.414 e. The third kappa shape index (κ3) is 12.2. The van der Waals surface area contributed by atoms with E-state index in [0.29, 0.717) is 6.10 Å². The van der Waals surface area contributed by atoms with Gasteiger partial charge in [0.15, 0.2) is 8.32 Å². The van der Waals surface area contributed by atoms with Gasteiger partial charge in [-0.05, 0) is 38.9 Å². The van der Waals surface area contributed by atoms with E-state index in [1.165, 1.54) is 32.1 Å². The molecule has 0 aromatic rings. The summed E-state index contributed by atoms with van der Waals surface area (Å²) in [6.07, 6.45) is 13.8. The highest BCUT2D eigenvalue weighted by molar-refractivity contribution is 6.69. The van der Waals surface area contributed by atoms with Crippen LogP contribution in [-0.4, -0.2) is 14.4 Å². The van der Waals surface area contributed by atoms with Gasteiger partial charge < -0.3 is 4.43 Å². The Morgan fingerprint density at radius 3 is 2.24 bits per heavy atom. The number of hydrogen-bond donors (Lipinski definition) is 0. The first-order valence-corrected chi connectivity index (χ1v) is 10.7. The van der Waals surface area contributed by atoms with Gasteiger partial charge in [0.1, 0.15) is 0 Å². The van der Waals surface area contributed by atoms with E-state index in [4.69, 9.17) is 4.43 Å². The van der Waals surface area contributed by atoms with Crippen molar-refractivity contribution in [3.8, 4) is 0 Å². The lowest BCUT2D eigenvalue weighted by atomic mass is 10.1. The van der Waals surface area contributed by atoms with Crippen molar-refractivity contribution in [2.24, 2.45) is 0 Å². The van der Waals surface area contributed by atoms with Crippen LogP contribution in [0.5, 0.6) is 0 Å². The standard InChI is InChI=1S/C15H32OSi/c1-6-8-10-12-14-15(13-11-9-7-2)16-17(3,4)5/h9,11,15H,6-8,10,12-14H2,1-5H3. The topological polar surface area (TPSA) is 9.23 Å². The van der Waals surface area contributed by atoms with Crippen molar-refractivity contribution in [3.05, 3.63) is 12.2 Å². The van der Waals surface area contributed by atoms with E-state index in [9.17, 15) is 0 Å². The highest BCUT2D eigenvalue weighted by Crippen LogP contribution is 2.17. The van der Waals surface area contributed by atoms with Crippen molar-refractivity contribution in [2.45, 2.75) is 84.5 Å². The van der Waals surface area contributed by atoms with E-state index in [0.717, 1.165) is 12.8 Å². The van der Waals surface area contributed by atoms with Crippen LogP contribution < -0.4 is 0 Å². The Hall–Kier alpha value is -0.0831. The quantitative estimate of drug-likeness (QED) is 0.283. The van der Waals surface area contributed by atoms with Crippen molar-refractivity contribution in [3.63, 3.8) is 0 Å². The molecule has 0 bridgehead atoms. The third-order valence-corrected chi connectivity index (χ3v) is 3.74. The smallest absolute Gasteiger partial charge is 0.184 e. The van der Waals surface area contributed by atoms with E-state index in [2.05, 4.69) is 45.6 Å². The molecule has 0 radical (unpaired) electrons. The molecule has 0 aliphatic rings. The summed E-state index contributed by atoms with van der Waals surface area (Å²) in [6, 6.07) is 0. The molecular formula is C15H32OSi. The second-order valence-corrected chi connectivity index (χ2v) is 10.3. The van der Waals surface area contributed by atoms with Gasteiger partial charge in [-0.15, -0.1) is 0 Å². The van der Waals surface area contributed by atoms with Gasteiger partial charge in [-0.1, -0.05) is 51.7 Å². The first-order chi connectivity index (χ1) is 7.99. The van der Waals surface area contributed by atoms with Gasteiger partial charge in [0, 0.05) is 6.10 Å². The van der Waals surface area contributed by atoms with Crippen LogP contribution in [0.3, 0.4) is 0 Å². The van der Waals surface area contributed by atoms with Crippen LogP contribution >= 0.6 is 0 Å². The van der Waals surface area contributed by atoms with Gasteiger partial charge >= 0.3 is 0 Å². The van der Waals surface area contributed by atoms with Gasteiger partial charge in [0.2, 0.25) is 0 Å². The molecule has 0 saturated heterocycles. The Bertz CT molecular complexity index is 194. The fraction of sp³-hybridized carbons (Fsp3) is 0.867. The maximum absolute atomic E-state index is 6.25. The minimum atomic E-state index is -1.38. The van der Waals surface area contributed by atoms with Crippen molar-refractivity contribution >= 4 is 8.32 Å². The average Bonchev–Trinajstić information content (AvgIpc) is 2.22. The highest BCUT2D eigenvalue weighted by Gasteiger charge is 2.19. The predicted octanol–water partition coefficient (Wildman–Crippen LogP) is 5.53. The Balaban J connectivity index is 3.97. The summed E-state index contributed by atoms with van der Waals surface area (Å²) in [5.74, 6) is 0. The molecule has 17 heavy (non-hydrogen) atoms. The van der Waals surface area contributed by atoms with E-state index >= 15 is 0 Å². The second-order valence-electron chi connectivity index (χ2n) is 5.82. The van der Waals surface area contributed by atoms with E-state index in [1.807, 2.05) is 0 Å². The number of unbranched alkanes of at least 4 members (excludes halogenated alkanes) is 3. The minimum absolute atomic E-state index is 0.460. The van der Waals surface area contributed by atoms with Crippen molar-refractivity contribution in [1.29, 1.82) is 0 Å². The van der Waals surface area contributed by atoms with Crippen LogP contribution in [0.25, 0.3) is 0 Å². The van der Waals surface area contributed by atoms with E-state index in [1.54, 1.807) is 0 Å². The van der Waals surface area contributed by atoms with Gasteiger partial charge in [0.05, 0.1) is 0 Å². The van der Waals surface area contributed by atoms with E-state index < -0.39 is 8.32 Å². The maximum atomic E-state index is 6.25. The Morgan fingerprint density at radius 2 is 1.71 bits per heavy atom. The summed E-state index contributed by atoms with van der Waals surface area (Å²) in [6.45, 7) is 11.3.